The van der Waals surface area contributed by atoms with Crippen LogP contribution < -0.4 is 21.3 Å². The molecule has 1 aromatic heterocycles. The summed E-state index contributed by atoms with van der Waals surface area (Å²) in [6.45, 7) is 0.212. The number of azo groups is 1. The number of nitrogen functional groups attached to an aromatic ring is 1. The number of hydrogen-bond donors (Lipinski definition) is 5. The predicted molar refractivity (Wildman–Crippen MR) is 94.2 cm³/mol. The first-order valence-corrected chi connectivity index (χ1v) is 8.84. The summed E-state index contributed by atoms with van der Waals surface area (Å²) in [5.41, 5.74) is 11.4. The summed E-state index contributed by atoms with van der Waals surface area (Å²) in [5, 5.41) is 10.3. The largest absolute Gasteiger partial charge is 0.524 e. The minimum absolute atomic E-state index is 0.00712. The van der Waals surface area contributed by atoms with Crippen LogP contribution in [-0.4, -0.2) is 27.2 Å². The molecule has 2 rings (SSSR count). The number of phosphoric ester groups is 1. The van der Waals surface area contributed by atoms with Gasteiger partial charge in [0.1, 0.15) is 17.2 Å². The topological polar surface area (TPSA) is 186 Å². The molecule has 0 aliphatic heterocycles. The Kier molecular flexibility index (Phi) is 6.36. The van der Waals surface area contributed by atoms with E-state index in [1.165, 1.54) is 30.3 Å². The van der Waals surface area contributed by atoms with Crippen molar-refractivity contribution in [3.63, 3.8) is 0 Å². The third kappa shape index (κ3) is 5.90. The quantitative estimate of drug-likeness (QED) is 0.355. The third-order valence-corrected chi connectivity index (χ3v) is 3.32. The first kappa shape index (κ1) is 19.5. The van der Waals surface area contributed by atoms with Crippen molar-refractivity contribution in [2.24, 2.45) is 16.0 Å². The minimum atomic E-state index is -4.73. The number of carbonyl (C=O) groups excluding carboxylic acids is 1. The molecule has 26 heavy (non-hydrogen) atoms. The zero-order chi connectivity index (χ0) is 19.2. The first-order chi connectivity index (χ1) is 12.3. The zero-order valence-electron chi connectivity index (χ0n) is 13.4. The van der Waals surface area contributed by atoms with Crippen LogP contribution in [0.4, 0.5) is 23.0 Å². The predicted octanol–water partition coefficient (Wildman–Crippen LogP) is 1.84. The summed E-state index contributed by atoms with van der Waals surface area (Å²) < 4.78 is 15.5. The normalized spacial score (nSPS) is 11.5. The number of amides is 1. The number of rotatable bonds is 7. The Morgan fingerprint density at radius 3 is 2.54 bits per heavy atom. The highest BCUT2D eigenvalue weighted by Gasteiger charge is 2.18. The number of nitrogens with zero attached hydrogens (tertiary/aromatic N) is 3. The third-order valence-electron chi connectivity index (χ3n) is 2.89. The lowest BCUT2D eigenvalue weighted by atomic mass is 10.3. The van der Waals surface area contributed by atoms with Crippen molar-refractivity contribution in [3.05, 3.63) is 36.4 Å². The first-order valence-electron chi connectivity index (χ1n) is 7.31. The van der Waals surface area contributed by atoms with Gasteiger partial charge >= 0.3 is 7.82 Å². The lowest BCUT2D eigenvalue weighted by Gasteiger charge is -2.08. The van der Waals surface area contributed by atoms with Crippen molar-refractivity contribution < 1.29 is 23.7 Å². The molecule has 1 aromatic carbocycles. The average Bonchev–Trinajstić information content (AvgIpc) is 2.54. The number of nitrogens with one attached hydrogen (secondary N) is 1. The number of hydrogen-bond acceptors (Lipinski definition) is 8. The van der Waals surface area contributed by atoms with Crippen LogP contribution in [0.5, 0.6) is 5.75 Å². The molecule has 0 radical (unpaired) electrons. The van der Waals surface area contributed by atoms with Gasteiger partial charge in [-0.05, 0) is 24.3 Å². The summed E-state index contributed by atoms with van der Waals surface area (Å²) in [6.07, 6.45) is 0.152. The molecule has 1 heterocycles. The Balaban J connectivity index is 2.19. The monoisotopic (exact) mass is 380 g/mol. The summed E-state index contributed by atoms with van der Waals surface area (Å²) in [6, 6.07) is 8.88. The molecule has 138 valence electrons. The Bertz CT molecular complexity index is 869. The molecule has 0 unspecified atom stereocenters. The molecule has 7 N–H and O–H groups in total. The highest BCUT2D eigenvalue weighted by molar-refractivity contribution is 7.46. The highest BCUT2D eigenvalue weighted by atomic mass is 31.2. The number of anilines is 2. The van der Waals surface area contributed by atoms with E-state index in [2.05, 4.69) is 25.1 Å². The summed E-state index contributed by atoms with van der Waals surface area (Å²) in [5.74, 6) is -0.183. The summed E-state index contributed by atoms with van der Waals surface area (Å²) in [4.78, 5) is 33.3. The van der Waals surface area contributed by atoms with Crippen molar-refractivity contribution in [1.82, 2.24) is 4.98 Å². The molecule has 0 bridgehead atoms. The van der Waals surface area contributed by atoms with E-state index in [-0.39, 0.29) is 47.6 Å². The van der Waals surface area contributed by atoms with Gasteiger partial charge in [-0.15, -0.1) is 10.2 Å². The highest BCUT2D eigenvalue weighted by Crippen LogP contribution is 2.42. The number of benzene rings is 1. The van der Waals surface area contributed by atoms with Crippen molar-refractivity contribution in [2.75, 3.05) is 17.6 Å². The molecule has 11 nitrogen and oxygen atoms in total. The van der Waals surface area contributed by atoms with Gasteiger partial charge in [-0.25, -0.2) is 9.55 Å². The number of para-hydroxylation sites is 1. The van der Waals surface area contributed by atoms with Crippen LogP contribution in [0.3, 0.4) is 0 Å². The molecule has 2 aromatic rings. The van der Waals surface area contributed by atoms with Crippen LogP contribution in [0.25, 0.3) is 0 Å². The Morgan fingerprint density at radius 1 is 1.19 bits per heavy atom. The maximum Gasteiger partial charge on any atom is 0.524 e. The lowest BCUT2D eigenvalue weighted by Crippen LogP contribution is -2.17. The van der Waals surface area contributed by atoms with E-state index in [1.54, 1.807) is 6.07 Å². The van der Waals surface area contributed by atoms with Crippen LogP contribution in [0.15, 0.2) is 46.6 Å². The van der Waals surface area contributed by atoms with Crippen LogP contribution in [0.1, 0.15) is 6.42 Å². The smallest absolute Gasteiger partial charge is 0.402 e. The van der Waals surface area contributed by atoms with Crippen molar-refractivity contribution in [3.8, 4) is 5.75 Å². The molecule has 0 saturated carbocycles. The zero-order valence-corrected chi connectivity index (χ0v) is 14.3. The number of carbonyl (C=O) groups is 1. The van der Waals surface area contributed by atoms with Gasteiger partial charge in [-0.1, -0.05) is 12.1 Å². The lowest BCUT2D eigenvalue weighted by molar-refractivity contribution is -0.116. The molecular formula is C14H17N6O5P. The Morgan fingerprint density at radius 2 is 1.88 bits per heavy atom. The van der Waals surface area contributed by atoms with Gasteiger partial charge in [0.05, 0.1) is 0 Å². The van der Waals surface area contributed by atoms with E-state index in [0.717, 1.165) is 0 Å². The van der Waals surface area contributed by atoms with Gasteiger partial charge in [0, 0.05) is 13.0 Å². The van der Waals surface area contributed by atoms with Gasteiger partial charge in [-0.2, -0.15) is 0 Å². The molecule has 0 saturated heterocycles. The fourth-order valence-electron chi connectivity index (χ4n) is 1.81. The number of aromatic nitrogens is 1. The maximum absolute atomic E-state index is 11.5. The van der Waals surface area contributed by atoms with Gasteiger partial charge < -0.3 is 21.3 Å². The van der Waals surface area contributed by atoms with Crippen molar-refractivity contribution >= 4 is 36.7 Å². The number of pyridine rings is 1. The molecule has 0 fully saturated rings. The number of nitrogens with two attached hydrogens (primary N) is 2. The second kappa shape index (κ2) is 8.50. The van der Waals surface area contributed by atoms with Crippen molar-refractivity contribution in [2.45, 2.75) is 6.42 Å². The molecule has 0 spiro atoms. The molecule has 12 heteroatoms. The van der Waals surface area contributed by atoms with Crippen LogP contribution in [0.2, 0.25) is 0 Å². The molecule has 1 amide bonds. The Hall–Kier alpha value is -2.85. The average molecular weight is 380 g/mol. The second-order valence-electron chi connectivity index (χ2n) is 4.94. The van der Waals surface area contributed by atoms with Gasteiger partial charge in [0.15, 0.2) is 11.6 Å². The minimum Gasteiger partial charge on any atom is -0.402 e. The molecule has 0 aliphatic carbocycles. The summed E-state index contributed by atoms with van der Waals surface area (Å²) in [7, 11) is -4.73. The van der Waals surface area contributed by atoms with Crippen molar-refractivity contribution in [1.29, 1.82) is 0 Å². The van der Waals surface area contributed by atoms with E-state index in [1.807, 2.05) is 0 Å². The van der Waals surface area contributed by atoms with Gasteiger partial charge in [-0.3, -0.25) is 14.6 Å². The van der Waals surface area contributed by atoms with Crippen LogP contribution in [0, 0.1) is 0 Å². The standard InChI is InChI=1S/C14H17N6O5P/c15-8-7-13(21)17-12-6-5-10(14(16)18-12)20-19-9-3-1-2-4-11(9)25-26(22,23)24/h1-6H,7-8,15H2,(H2,22,23,24)(H3,16,17,18,21)/b20-19+. The second-order valence-corrected chi connectivity index (χ2v) is 6.10. The molecular weight excluding hydrogens is 363 g/mol. The number of phosphoric acid groups is 1. The van der Waals surface area contributed by atoms with Crippen LogP contribution in [-0.2, 0) is 9.36 Å². The van der Waals surface area contributed by atoms with E-state index in [4.69, 9.17) is 21.3 Å². The molecule has 0 aliphatic rings. The van der Waals surface area contributed by atoms with E-state index in [9.17, 15) is 9.36 Å². The fraction of sp³-hybridized carbons (Fsp3) is 0.143. The fourth-order valence-corrected chi connectivity index (χ4v) is 2.22. The van der Waals surface area contributed by atoms with E-state index >= 15 is 0 Å². The maximum atomic E-state index is 11.5. The SMILES string of the molecule is NCCC(=O)Nc1ccc(/N=N/c2ccccc2OP(=O)(O)O)c(N)n1. The van der Waals surface area contributed by atoms with Gasteiger partial charge in [0.2, 0.25) is 5.91 Å². The van der Waals surface area contributed by atoms with E-state index in [0.29, 0.717) is 0 Å². The molecule has 0 atom stereocenters. The van der Waals surface area contributed by atoms with E-state index < -0.39 is 7.82 Å². The van der Waals surface area contributed by atoms with Gasteiger partial charge in [0.25, 0.3) is 0 Å². The van der Waals surface area contributed by atoms with Crippen LogP contribution >= 0.6 is 7.82 Å². The summed E-state index contributed by atoms with van der Waals surface area (Å²) >= 11 is 0. The Labute approximate surface area is 148 Å².